The van der Waals surface area contributed by atoms with Crippen LogP contribution in [-0.2, 0) is 0 Å². The molecule has 1 atom stereocenters. The molecule has 2 N–H and O–H groups in total. The third-order valence-corrected chi connectivity index (χ3v) is 5.79. The second-order valence-electron chi connectivity index (χ2n) is 7.26. The number of amides is 2. The third kappa shape index (κ3) is 4.85. The molecule has 0 aromatic heterocycles. The van der Waals surface area contributed by atoms with Crippen molar-refractivity contribution in [1.29, 1.82) is 0 Å². The van der Waals surface area contributed by atoms with Crippen molar-refractivity contribution in [2.24, 2.45) is 0 Å². The fourth-order valence-corrected chi connectivity index (χ4v) is 4.16. The minimum Gasteiger partial charge on any atom is -0.335 e. The van der Waals surface area contributed by atoms with E-state index in [1.54, 1.807) is 12.1 Å². The summed E-state index contributed by atoms with van der Waals surface area (Å²) in [5, 5.41) is 6.06. The van der Waals surface area contributed by atoms with Crippen LogP contribution in [0.1, 0.15) is 57.1 Å². The fraction of sp³-hybridized carbons (Fsp3) is 0.632. The SMILES string of the molecule is CC(NC(=O)NC1CCN(C2CCCC2)CC1)c1ccc(F)c(Cl)c1. The van der Waals surface area contributed by atoms with Crippen molar-refractivity contribution < 1.29 is 9.18 Å². The van der Waals surface area contributed by atoms with Gasteiger partial charge >= 0.3 is 6.03 Å². The van der Waals surface area contributed by atoms with E-state index in [1.165, 1.54) is 31.7 Å². The smallest absolute Gasteiger partial charge is 0.315 e. The lowest BCUT2D eigenvalue weighted by Crippen LogP contribution is -2.50. The predicted molar refractivity (Wildman–Crippen MR) is 98.3 cm³/mol. The summed E-state index contributed by atoms with van der Waals surface area (Å²) in [7, 11) is 0. The highest BCUT2D eigenvalue weighted by molar-refractivity contribution is 6.30. The Morgan fingerprint density at radius 1 is 1.24 bits per heavy atom. The van der Waals surface area contributed by atoms with Crippen molar-refractivity contribution in [3.8, 4) is 0 Å². The standard InChI is InChI=1S/C19H27ClFN3O/c1-13(14-6-7-18(21)17(20)12-14)22-19(25)23-15-8-10-24(11-9-15)16-4-2-3-5-16/h6-7,12-13,15-16H,2-5,8-11H2,1H3,(H2,22,23,25). The van der Waals surface area contributed by atoms with Crippen LogP contribution in [0.4, 0.5) is 9.18 Å². The lowest BCUT2D eigenvalue weighted by molar-refractivity contribution is 0.145. The van der Waals surface area contributed by atoms with Crippen LogP contribution in [0.2, 0.25) is 5.02 Å². The highest BCUT2D eigenvalue weighted by Gasteiger charge is 2.27. The van der Waals surface area contributed by atoms with Gasteiger partial charge in [-0.2, -0.15) is 0 Å². The van der Waals surface area contributed by atoms with Crippen LogP contribution < -0.4 is 10.6 Å². The number of hydrogen-bond donors (Lipinski definition) is 2. The van der Waals surface area contributed by atoms with E-state index in [0.717, 1.165) is 37.5 Å². The number of urea groups is 1. The average Bonchev–Trinajstić information content (AvgIpc) is 3.12. The van der Waals surface area contributed by atoms with E-state index in [-0.39, 0.29) is 23.1 Å². The fourth-order valence-electron chi connectivity index (χ4n) is 3.97. The van der Waals surface area contributed by atoms with Crippen molar-refractivity contribution in [1.82, 2.24) is 15.5 Å². The van der Waals surface area contributed by atoms with Gasteiger partial charge in [0, 0.05) is 25.2 Å². The van der Waals surface area contributed by atoms with Gasteiger partial charge in [0.15, 0.2) is 0 Å². The van der Waals surface area contributed by atoms with Gasteiger partial charge in [0.1, 0.15) is 5.82 Å². The van der Waals surface area contributed by atoms with Gasteiger partial charge in [-0.05, 0) is 50.3 Å². The van der Waals surface area contributed by atoms with Gasteiger partial charge in [0.2, 0.25) is 0 Å². The molecule has 1 aliphatic carbocycles. The predicted octanol–water partition coefficient (Wildman–Crippen LogP) is 4.25. The molecule has 1 saturated heterocycles. The number of halogens is 2. The largest absolute Gasteiger partial charge is 0.335 e. The number of likely N-dealkylation sites (tertiary alicyclic amines) is 1. The third-order valence-electron chi connectivity index (χ3n) is 5.50. The van der Waals surface area contributed by atoms with Crippen LogP contribution >= 0.6 is 11.6 Å². The first-order chi connectivity index (χ1) is 12.0. The van der Waals surface area contributed by atoms with Crippen LogP contribution in [0.5, 0.6) is 0 Å². The highest BCUT2D eigenvalue weighted by Crippen LogP contribution is 2.26. The Kier molecular flexibility index (Phi) is 6.18. The zero-order valence-electron chi connectivity index (χ0n) is 14.7. The minimum atomic E-state index is -0.448. The first-order valence-corrected chi connectivity index (χ1v) is 9.67. The topological polar surface area (TPSA) is 44.4 Å². The molecule has 6 heteroatoms. The number of hydrogen-bond acceptors (Lipinski definition) is 2. The minimum absolute atomic E-state index is 0.0749. The maximum Gasteiger partial charge on any atom is 0.315 e. The molecule has 25 heavy (non-hydrogen) atoms. The van der Waals surface area contributed by atoms with E-state index in [4.69, 9.17) is 11.6 Å². The lowest BCUT2D eigenvalue weighted by Gasteiger charge is -2.36. The van der Waals surface area contributed by atoms with E-state index in [0.29, 0.717) is 0 Å². The Balaban J connectivity index is 1.44. The molecule has 2 amide bonds. The van der Waals surface area contributed by atoms with Crippen LogP contribution in [0.25, 0.3) is 0 Å². The molecular formula is C19H27ClFN3O. The summed E-state index contributed by atoms with van der Waals surface area (Å²) in [4.78, 5) is 14.8. The molecule has 2 aliphatic rings. The molecule has 1 saturated carbocycles. The van der Waals surface area contributed by atoms with Gasteiger partial charge in [-0.1, -0.05) is 30.5 Å². The number of piperidine rings is 1. The average molecular weight is 368 g/mol. The molecule has 0 spiro atoms. The van der Waals surface area contributed by atoms with Gasteiger partial charge in [0.25, 0.3) is 0 Å². The van der Waals surface area contributed by atoms with Gasteiger partial charge < -0.3 is 15.5 Å². The molecule has 1 unspecified atom stereocenters. The molecule has 1 heterocycles. The molecule has 1 aromatic rings. The second-order valence-corrected chi connectivity index (χ2v) is 7.67. The molecule has 1 aromatic carbocycles. The Morgan fingerprint density at radius 3 is 2.56 bits per heavy atom. The molecule has 0 bridgehead atoms. The van der Waals surface area contributed by atoms with Crippen molar-refractivity contribution in [3.63, 3.8) is 0 Å². The summed E-state index contributed by atoms with van der Waals surface area (Å²) in [6, 6.07) is 5.12. The lowest BCUT2D eigenvalue weighted by atomic mass is 10.0. The summed E-state index contributed by atoms with van der Waals surface area (Å²) in [6.45, 7) is 4.00. The van der Waals surface area contributed by atoms with Crippen molar-refractivity contribution in [2.75, 3.05) is 13.1 Å². The van der Waals surface area contributed by atoms with Crippen LogP contribution in [-0.4, -0.2) is 36.1 Å². The monoisotopic (exact) mass is 367 g/mol. The van der Waals surface area contributed by atoms with E-state index in [2.05, 4.69) is 15.5 Å². The van der Waals surface area contributed by atoms with Crippen molar-refractivity contribution in [2.45, 2.75) is 63.6 Å². The zero-order chi connectivity index (χ0) is 17.8. The van der Waals surface area contributed by atoms with Gasteiger partial charge in [-0.15, -0.1) is 0 Å². The molecule has 4 nitrogen and oxygen atoms in total. The summed E-state index contributed by atoms with van der Waals surface area (Å²) < 4.78 is 13.2. The number of benzene rings is 1. The summed E-state index contributed by atoms with van der Waals surface area (Å²) in [5.41, 5.74) is 0.789. The van der Waals surface area contributed by atoms with Crippen LogP contribution in [0, 0.1) is 5.82 Å². The first kappa shape index (κ1) is 18.5. The van der Waals surface area contributed by atoms with Gasteiger partial charge in [-0.25, -0.2) is 9.18 Å². The quantitative estimate of drug-likeness (QED) is 0.835. The number of carbonyl (C=O) groups excluding carboxylic acids is 1. The van der Waals surface area contributed by atoms with Gasteiger partial charge in [0.05, 0.1) is 11.1 Å². The Bertz CT molecular complexity index is 598. The number of nitrogens with zero attached hydrogens (tertiary/aromatic N) is 1. The van der Waals surface area contributed by atoms with E-state index < -0.39 is 5.82 Å². The number of nitrogens with one attached hydrogen (secondary N) is 2. The van der Waals surface area contributed by atoms with Crippen LogP contribution in [0.3, 0.4) is 0 Å². The molecule has 3 rings (SSSR count). The highest BCUT2D eigenvalue weighted by atomic mass is 35.5. The number of rotatable bonds is 4. The van der Waals surface area contributed by atoms with Crippen LogP contribution in [0.15, 0.2) is 18.2 Å². The maximum absolute atomic E-state index is 13.2. The Hall–Kier alpha value is -1.33. The van der Waals surface area contributed by atoms with E-state index in [9.17, 15) is 9.18 Å². The first-order valence-electron chi connectivity index (χ1n) is 9.29. The molecule has 1 aliphatic heterocycles. The van der Waals surface area contributed by atoms with Crippen molar-refractivity contribution in [3.05, 3.63) is 34.6 Å². The van der Waals surface area contributed by atoms with E-state index >= 15 is 0 Å². The summed E-state index contributed by atoms with van der Waals surface area (Å²) >= 11 is 5.81. The van der Waals surface area contributed by atoms with Crippen molar-refractivity contribution >= 4 is 17.6 Å². The summed E-state index contributed by atoms with van der Waals surface area (Å²) in [6.07, 6.45) is 7.38. The molecule has 2 fully saturated rings. The van der Waals surface area contributed by atoms with Gasteiger partial charge in [-0.3, -0.25) is 0 Å². The zero-order valence-corrected chi connectivity index (χ0v) is 15.5. The number of carbonyl (C=O) groups is 1. The Labute approximate surface area is 154 Å². The van der Waals surface area contributed by atoms with E-state index in [1.807, 2.05) is 6.92 Å². The Morgan fingerprint density at radius 2 is 1.92 bits per heavy atom. The summed E-state index contributed by atoms with van der Waals surface area (Å²) in [5.74, 6) is -0.448. The normalized spacial score (nSPS) is 21.2. The molecule has 0 radical (unpaired) electrons. The maximum atomic E-state index is 13.2. The second kappa shape index (κ2) is 8.37. The molecule has 138 valence electrons. The molecular weight excluding hydrogens is 341 g/mol.